The lowest BCUT2D eigenvalue weighted by Gasteiger charge is -2.18. The minimum atomic E-state index is -0.812. The molecule has 1 atom stereocenters. The Bertz CT molecular complexity index is 1510. The average Bonchev–Trinajstić information content (AvgIpc) is 3.40. The summed E-state index contributed by atoms with van der Waals surface area (Å²) < 4.78 is 16.8. The quantitative estimate of drug-likeness (QED) is 0.0261. The third-order valence-electron chi connectivity index (χ3n) is 13.0. The molecule has 422 valence electrons. The molecule has 0 aliphatic carbocycles. The first-order chi connectivity index (χ1) is 36.5. The van der Waals surface area contributed by atoms with Gasteiger partial charge in [-0.3, -0.25) is 14.4 Å². The van der Waals surface area contributed by atoms with E-state index in [0.29, 0.717) is 19.3 Å². The SMILES string of the molecule is CC/C=C\C/C=C\C/C=C\C/C=C\C/C=C\CCCCCCCCCC(=O)OCC(COC(=O)CC/C=C\C/C=C\C/C=C\C/C=C\CC)OC(=O)CCCCCCCCCCCCCCCCCCCCCC. The van der Waals surface area contributed by atoms with Gasteiger partial charge < -0.3 is 14.2 Å². The molecule has 0 N–H and O–H groups in total. The summed E-state index contributed by atoms with van der Waals surface area (Å²) in [6.45, 7) is 6.36. The molecule has 0 saturated carbocycles. The maximum Gasteiger partial charge on any atom is 0.306 e. The number of ether oxygens (including phenoxy) is 3. The van der Waals surface area contributed by atoms with Gasteiger partial charge in [0.1, 0.15) is 13.2 Å². The zero-order valence-electron chi connectivity index (χ0n) is 48.3. The molecule has 0 radical (unpaired) electrons. The van der Waals surface area contributed by atoms with Gasteiger partial charge in [0.25, 0.3) is 0 Å². The van der Waals surface area contributed by atoms with Crippen molar-refractivity contribution in [3.63, 3.8) is 0 Å². The Labute approximate surface area is 457 Å². The van der Waals surface area contributed by atoms with Gasteiger partial charge in [-0.25, -0.2) is 0 Å². The van der Waals surface area contributed by atoms with E-state index in [2.05, 4.69) is 124 Å². The van der Waals surface area contributed by atoms with Crippen molar-refractivity contribution in [3.8, 4) is 0 Å². The minimum Gasteiger partial charge on any atom is -0.462 e. The molecule has 0 aliphatic heterocycles. The van der Waals surface area contributed by atoms with E-state index >= 15 is 0 Å². The van der Waals surface area contributed by atoms with Crippen molar-refractivity contribution in [3.05, 3.63) is 109 Å². The molecule has 0 amide bonds. The molecule has 0 aromatic carbocycles. The molecule has 6 nitrogen and oxygen atoms in total. The number of carbonyl (C=O) groups is 3. The zero-order chi connectivity index (χ0) is 53.6. The normalized spacial score (nSPS) is 12.9. The molecule has 1 unspecified atom stereocenters. The lowest BCUT2D eigenvalue weighted by Crippen LogP contribution is -2.30. The van der Waals surface area contributed by atoms with Gasteiger partial charge in [-0.1, -0.05) is 284 Å². The van der Waals surface area contributed by atoms with Crippen LogP contribution < -0.4 is 0 Å². The van der Waals surface area contributed by atoms with Crippen molar-refractivity contribution in [1.29, 1.82) is 0 Å². The van der Waals surface area contributed by atoms with E-state index in [0.717, 1.165) is 103 Å². The molecule has 0 heterocycles. The number of esters is 3. The highest BCUT2D eigenvalue weighted by Gasteiger charge is 2.19. The van der Waals surface area contributed by atoms with Gasteiger partial charge in [-0.2, -0.15) is 0 Å². The van der Waals surface area contributed by atoms with E-state index in [4.69, 9.17) is 14.2 Å². The summed E-state index contributed by atoms with van der Waals surface area (Å²) >= 11 is 0. The Hall–Kier alpha value is -3.93. The third kappa shape index (κ3) is 59.0. The van der Waals surface area contributed by atoms with E-state index in [1.807, 2.05) is 6.08 Å². The summed E-state index contributed by atoms with van der Waals surface area (Å²) in [4.78, 5) is 38.2. The van der Waals surface area contributed by atoms with Crippen LogP contribution in [-0.4, -0.2) is 37.2 Å². The van der Waals surface area contributed by atoms with Crippen molar-refractivity contribution >= 4 is 17.9 Å². The van der Waals surface area contributed by atoms with E-state index in [1.165, 1.54) is 135 Å². The average molecular weight is 1030 g/mol. The van der Waals surface area contributed by atoms with Crippen LogP contribution in [0.4, 0.5) is 0 Å². The highest BCUT2D eigenvalue weighted by Crippen LogP contribution is 2.16. The predicted molar refractivity (Wildman–Crippen MR) is 320 cm³/mol. The number of rotatable bonds is 55. The molecule has 6 heteroatoms. The molecule has 74 heavy (non-hydrogen) atoms. The molecule has 0 rings (SSSR count). The first-order valence-electron chi connectivity index (χ1n) is 30.9. The highest BCUT2D eigenvalue weighted by molar-refractivity contribution is 5.71. The molecule has 0 saturated heterocycles. The van der Waals surface area contributed by atoms with Gasteiger partial charge in [0.05, 0.1) is 0 Å². The van der Waals surface area contributed by atoms with Gasteiger partial charge in [0.2, 0.25) is 0 Å². The van der Waals surface area contributed by atoms with Crippen LogP contribution in [0, 0.1) is 0 Å². The minimum absolute atomic E-state index is 0.105. The van der Waals surface area contributed by atoms with Crippen LogP contribution in [0.1, 0.15) is 284 Å². The molecule has 0 bridgehead atoms. The second-order valence-electron chi connectivity index (χ2n) is 20.2. The maximum atomic E-state index is 12.9. The fraction of sp³-hybridized carbons (Fsp3) is 0.691. The van der Waals surface area contributed by atoms with Crippen molar-refractivity contribution in [1.82, 2.24) is 0 Å². The molecule has 0 spiro atoms. The molecule has 0 aliphatic rings. The Balaban J connectivity index is 4.40. The summed E-state index contributed by atoms with van der Waals surface area (Å²) in [5, 5.41) is 0. The number of carbonyl (C=O) groups excluding carboxylic acids is 3. The van der Waals surface area contributed by atoms with Crippen LogP contribution >= 0.6 is 0 Å². The summed E-state index contributed by atoms with van der Waals surface area (Å²) in [5.74, 6) is -0.992. The molecular formula is C68H114O6. The summed E-state index contributed by atoms with van der Waals surface area (Å²) in [6, 6.07) is 0. The van der Waals surface area contributed by atoms with Crippen molar-refractivity contribution in [2.45, 2.75) is 290 Å². The standard InChI is InChI=1S/C68H114O6/c1-4-7-10-13-16-19-22-25-27-29-31-33-34-35-37-38-40-43-46-49-52-55-58-61-67(70)73-64-65(63-72-66(69)60-57-54-51-48-45-42-24-21-18-15-12-9-6-3)74-68(71)62-59-56-53-50-47-44-41-39-36-32-30-28-26-23-20-17-14-11-8-5-2/h7,9-10,12,16,18-19,21,25,27,31,33,35,37,42,45,51,54,65H,4-6,8,11,13-15,17,20,22-24,26,28-30,32,34,36,38-41,43-44,46-50,52-53,55-64H2,1-3H3/b10-7-,12-9-,19-16-,21-18-,27-25-,33-31-,37-35-,45-42-,54-51-. The van der Waals surface area contributed by atoms with Crippen LogP contribution in [0.5, 0.6) is 0 Å². The Morgan fingerprint density at radius 1 is 0.284 bits per heavy atom. The van der Waals surface area contributed by atoms with Crippen LogP contribution in [0.25, 0.3) is 0 Å². The third-order valence-corrected chi connectivity index (χ3v) is 13.0. The summed E-state index contributed by atoms with van der Waals surface area (Å²) in [5.41, 5.74) is 0. The van der Waals surface area contributed by atoms with Gasteiger partial charge in [0.15, 0.2) is 6.10 Å². The smallest absolute Gasteiger partial charge is 0.306 e. The van der Waals surface area contributed by atoms with Crippen molar-refractivity contribution in [2.24, 2.45) is 0 Å². The Morgan fingerprint density at radius 2 is 0.554 bits per heavy atom. The second kappa shape index (κ2) is 61.6. The lowest BCUT2D eigenvalue weighted by molar-refractivity contribution is -0.166. The fourth-order valence-electron chi connectivity index (χ4n) is 8.48. The number of unbranched alkanes of at least 4 members (excludes halogenated alkanes) is 26. The van der Waals surface area contributed by atoms with Crippen molar-refractivity contribution in [2.75, 3.05) is 13.2 Å². The predicted octanol–water partition coefficient (Wildman–Crippen LogP) is 21.0. The van der Waals surface area contributed by atoms with Gasteiger partial charge in [-0.05, 0) is 89.9 Å². The van der Waals surface area contributed by atoms with E-state index in [-0.39, 0.29) is 37.5 Å². The van der Waals surface area contributed by atoms with Gasteiger partial charge in [-0.15, -0.1) is 0 Å². The van der Waals surface area contributed by atoms with Crippen molar-refractivity contribution < 1.29 is 28.6 Å². The van der Waals surface area contributed by atoms with E-state index in [9.17, 15) is 14.4 Å². The fourth-order valence-corrected chi connectivity index (χ4v) is 8.48. The van der Waals surface area contributed by atoms with Crippen LogP contribution in [0.3, 0.4) is 0 Å². The highest BCUT2D eigenvalue weighted by atomic mass is 16.6. The van der Waals surface area contributed by atoms with Crippen LogP contribution in [0.15, 0.2) is 109 Å². The zero-order valence-corrected chi connectivity index (χ0v) is 48.3. The number of allylic oxidation sites excluding steroid dienone is 18. The molecular weight excluding hydrogens is 913 g/mol. The first kappa shape index (κ1) is 70.1. The molecule has 0 fully saturated rings. The topological polar surface area (TPSA) is 78.9 Å². The maximum absolute atomic E-state index is 12.9. The summed E-state index contributed by atoms with van der Waals surface area (Å²) in [6.07, 6.45) is 83.9. The van der Waals surface area contributed by atoms with Gasteiger partial charge in [0, 0.05) is 19.3 Å². The Kier molecular flexibility index (Phi) is 58.3. The number of hydrogen-bond donors (Lipinski definition) is 0. The van der Waals surface area contributed by atoms with E-state index < -0.39 is 6.10 Å². The van der Waals surface area contributed by atoms with E-state index in [1.54, 1.807) is 0 Å². The van der Waals surface area contributed by atoms with Gasteiger partial charge >= 0.3 is 17.9 Å². The van der Waals surface area contributed by atoms with Crippen LogP contribution in [0.2, 0.25) is 0 Å². The molecule has 0 aromatic rings. The monoisotopic (exact) mass is 1030 g/mol. The lowest BCUT2D eigenvalue weighted by atomic mass is 10.0. The number of hydrogen-bond acceptors (Lipinski definition) is 6. The second-order valence-corrected chi connectivity index (χ2v) is 20.2. The largest absolute Gasteiger partial charge is 0.462 e. The Morgan fingerprint density at radius 3 is 0.905 bits per heavy atom. The first-order valence-corrected chi connectivity index (χ1v) is 30.9. The van der Waals surface area contributed by atoms with Crippen LogP contribution in [-0.2, 0) is 28.6 Å². The molecule has 0 aromatic heterocycles. The summed E-state index contributed by atoms with van der Waals surface area (Å²) in [7, 11) is 0.